The van der Waals surface area contributed by atoms with Crippen molar-refractivity contribution in [1.29, 1.82) is 0 Å². The summed E-state index contributed by atoms with van der Waals surface area (Å²) in [6.45, 7) is 2.03. The molecule has 0 bridgehead atoms. The summed E-state index contributed by atoms with van der Waals surface area (Å²) in [6, 6.07) is 10.4. The first-order chi connectivity index (χ1) is 11.6. The molecule has 2 N–H and O–H groups in total. The predicted octanol–water partition coefficient (Wildman–Crippen LogP) is 2.57. The second kappa shape index (κ2) is 7.55. The molecule has 1 aromatic carbocycles. The van der Waals surface area contributed by atoms with Crippen LogP contribution < -0.4 is 10.6 Å². The highest BCUT2D eigenvalue weighted by Gasteiger charge is 2.41. The maximum Gasteiger partial charge on any atom is 0.317 e. The Bertz CT molecular complexity index is 589. The van der Waals surface area contributed by atoms with Gasteiger partial charge in [0, 0.05) is 48.4 Å². The van der Waals surface area contributed by atoms with Crippen molar-refractivity contribution in [3.63, 3.8) is 0 Å². The quantitative estimate of drug-likeness (QED) is 0.859. The first kappa shape index (κ1) is 17.3. The van der Waals surface area contributed by atoms with Gasteiger partial charge in [0.05, 0.1) is 4.75 Å². The Morgan fingerprint density at radius 3 is 2.67 bits per heavy atom. The minimum Gasteiger partial charge on any atom is -0.381 e. The maximum absolute atomic E-state index is 12.5. The molecule has 1 aliphatic heterocycles. The first-order valence-corrected chi connectivity index (χ1v) is 10.3. The molecular formula is C18H27N3O2S. The van der Waals surface area contributed by atoms with Crippen LogP contribution in [0.1, 0.15) is 32.1 Å². The molecule has 1 saturated heterocycles. The van der Waals surface area contributed by atoms with Gasteiger partial charge in [-0.3, -0.25) is 4.21 Å². The van der Waals surface area contributed by atoms with Gasteiger partial charge in [-0.2, -0.15) is 0 Å². The van der Waals surface area contributed by atoms with Crippen LogP contribution in [0.15, 0.2) is 30.3 Å². The molecule has 1 aromatic rings. The fraction of sp³-hybridized carbons (Fsp3) is 0.611. The lowest BCUT2D eigenvalue weighted by Crippen LogP contribution is -2.55. The zero-order valence-corrected chi connectivity index (χ0v) is 15.1. The van der Waals surface area contributed by atoms with E-state index in [1.54, 1.807) is 6.26 Å². The van der Waals surface area contributed by atoms with Crippen molar-refractivity contribution in [3.05, 3.63) is 30.3 Å². The van der Waals surface area contributed by atoms with Crippen molar-refractivity contribution >= 4 is 22.5 Å². The number of anilines is 1. The van der Waals surface area contributed by atoms with E-state index in [4.69, 9.17) is 0 Å². The molecule has 5 nitrogen and oxygen atoms in total. The molecule has 2 fully saturated rings. The summed E-state index contributed by atoms with van der Waals surface area (Å²) in [7, 11) is -0.883. The van der Waals surface area contributed by atoms with E-state index in [9.17, 15) is 9.00 Å². The molecule has 132 valence electrons. The van der Waals surface area contributed by atoms with Gasteiger partial charge in [0.2, 0.25) is 0 Å². The summed E-state index contributed by atoms with van der Waals surface area (Å²) in [5.41, 5.74) is 1.10. The highest BCUT2D eigenvalue weighted by atomic mass is 32.2. The Hall–Kier alpha value is -1.56. The van der Waals surface area contributed by atoms with Gasteiger partial charge in [-0.05, 0) is 37.8 Å². The topological polar surface area (TPSA) is 61.4 Å². The molecule has 6 heteroatoms. The van der Waals surface area contributed by atoms with Crippen LogP contribution in [0.25, 0.3) is 0 Å². The van der Waals surface area contributed by atoms with Gasteiger partial charge >= 0.3 is 6.03 Å². The van der Waals surface area contributed by atoms with E-state index in [1.165, 1.54) is 0 Å². The highest BCUT2D eigenvalue weighted by molar-refractivity contribution is 7.85. The number of hydrogen-bond donors (Lipinski definition) is 2. The highest BCUT2D eigenvalue weighted by Crippen LogP contribution is 2.36. The van der Waals surface area contributed by atoms with Crippen LogP contribution >= 0.6 is 0 Å². The molecular weight excluding hydrogens is 322 g/mol. The number of amides is 2. The van der Waals surface area contributed by atoms with Gasteiger partial charge in [-0.1, -0.05) is 24.6 Å². The lowest BCUT2D eigenvalue weighted by molar-refractivity contribution is 0.179. The molecule has 2 aliphatic rings. The number of carbonyl (C=O) groups excluding carboxylic acids is 1. The molecule has 24 heavy (non-hydrogen) atoms. The fourth-order valence-corrected chi connectivity index (χ4v) is 4.67. The van der Waals surface area contributed by atoms with Crippen molar-refractivity contribution < 1.29 is 9.00 Å². The van der Waals surface area contributed by atoms with E-state index >= 15 is 0 Å². The number of nitrogens with one attached hydrogen (secondary N) is 2. The Morgan fingerprint density at radius 2 is 2.04 bits per heavy atom. The van der Waals surface area contributed by atoms with Crippen LogP contribution in [0.5, 0.6) is 0 Å². The molecule has 0 aromatic heterocycles. The van der Waals surface area contributed by atoms with E-state index in [0.717, 1.165) is 44.3 Å². The number of carbonyl (C=O) groups is 1. The smallest absolute Gasteiger partial charge is 0.317 e. The summed E-state index contributed by atoms with van der Waals surface area (Å²) in [5.74, 6) is 0. The summed E-state index contributed by atoms with van der Waals surface area (Å²) < 4.78 is 11.7. The van der Waals surface area contributed by atoms with Crippen LogP contribution in [-0.2, 0) is 10.8 Å². The second-order valence-corrected chi connectivity index (χ2v) is 8.72. The molecule has 0 spiro atoms. The largest absolute Gasteiger partial charge is 0.381 e. The van der Waals surface area contributed by atoms with E-state index < -0.39 is 10.8 Å². The number of nitrogens with zero attached hydrogens (tertiary/aromatic N) is 1. The van der Waals surface area contributed by atoms with E-state index in [0.29, 0.717) is 13.1 Å². The summed E-state index contributed by atoms with van der Waals surface area (Å²) >= 11 is 0. The molecule has 2 atom stereocenters. The fourth-order valence-electron chi connectivity index (χ4n) is 3.53. The van der Waals surface area contributed by atoms with Crippen LogP contribution in [-0.4, -0.2) is 51.8 Å². The maximum atomic E-state index is 12.5. The third kappa shape index (κ3) is 3.91. The number of hydrogen-bond acceptors (Lipinski definition) is 3. The summed E-state index contributed by atoms with van der Waals surface area (Å²) in [5, 5.41) is 6.54. The number of likely N-dealkylation sites (tertiary alicyclic amines) is 1. The Morgan fingerprint density at radius 1 is 1.29 bits per heavy atom. The zero-order chi connectivity index (χ0) is 17.0. The van der Waals surface area contributed by atoms with Crippen molar-refractivity contribution in [1.82, 2.24) is 10.2 Å². The van der Waals surface area contributed by atoms with Gasteiger partial charge in [-0.25, -0.2) is 4.79 Å². The molecule has 3 rings (SSSR count). The van der Waals surface area contributed by atoms with Crippen LogP contribution in [0.3, 0.4) is 0 Å². The van der Waals surface area contributed by atoms with Crippen molar-refractivity contribution in [2.45, 2.75) is 42.9 Å². The SMILES string of the molecule is C[S@@](=O)C1(CNC(=O)N2CCC[C@@H](Nc3ccccc3)C2)CCC1. The number of para-hydroxylation sites is 1. The zero-order valence-electron chi connectivity index (χ0n) is 14.3. The number of benzene rings is 1. The van der Waals surface area contributed by atoms with Crippen molar-refractivity contribution in [3.8, 4) is 0 Å². The Kier molecular flexibility index (Phi) is 5.43. The number of urea groups is 1. The third-order valence-corrected chi connectivity index (χ3v) is 7.06. The van der Waals surface area contributed by atoms with Crippen molar-refractivity contribution in [2.75, 3.05) is 31.2 Å². The molecule has 0 radical (unpaired) electrons. The molecule has 1 heterocycles. The molecule has 0 unspecified atom stereocenters. The van der Waals surface area contributed by atoms with Gasteiger partial charge in [0.1, 0.15) is 0 Å². The van der Waals surface area contributed by atoms with E-state index in [-0.39, 0.29) is 16.8 Å². The monoisotopic (exact) mass is 349 g/mol. The summed E-state index contributed by atoms with van der Waals surface area (Å²) in [6.07, 6.45) is 6.85. The van der Waals surface area contributed by atoms with Gasteiger partial charge in [0.15, 0.2) is 0 Å². The normalized spacial score (nSPS) is 23.9. The van der Waals surface area contributed by atoms with E-state index in [2.05, 4.69) is 22.8 Å². The average Bonchev–Trinajstić information content (AvgIpc) is 2.54. The minimum absolute atomic E-state index is 0.0220. The molecule has 1 saturated carbocycles. The molecule has 2 amide bonds. The predicted molar refractivity (Wildman–Crippen MR) is 98.7 cm³/mol. The summed E-state index contributed by atoms with van der Waals surface area (Å²) in [4.78, 5) is 14.4. The second-order valence-electron chi connectivity index (χ2n) is 6.94. The lowest BCUT2D eigenvalue weighted by Gasteiger charge is -2.41. The lowest BCUT2D eigenvalue weighted by atomic mass is 9.84. The Labute approximate surface area is 146 Å². The van der Waals surface area contributed by atoms with Crippen LogP contribution in [0.4, 0.5) is 10.5 Å². The number of piperidine rings is 1. The average molecular weight is 350 g/mol. The van der Waals surface area contributed by atoms with Gasteiger partial charge in [-0.15, -0.1) is 0 Å². The number of rotatable bonds is 5. The first-order valence-electron chi connectivity index (χ1n) is 8.77. The van der Waals surface area contributed by atoms with Crippen LogP contribution in [0, 0.1) is 0 Å². The Balaban J connectivity index is 1.50. The van der Waals surface area contributed by atoms with Gasteiger partial charge in [0.25, 0.3) is 0 Å². The minimum atomic E-state index is -0.883. The van der Waals surface area contributed by atoms with Crippen LogP contribution in [0.2, 0.25) is 0 Å². The standard InChI is InChI=1S/C18H27N3O2S/c1-24(23)18(10-6-11-18)14-19-17(22)21-12-5-9-16(13-21)20-15-7-3-2-4-8-15/h2-4,7-8,16,20H,5-6,9-14H2,1H3,(H,19,22)/t16-,24-/m1/s1. The van der Waals surface area contributed by atoms with Crippen molar-refractivity contribution in [2.24, 2.45) is 0 Å². The third-order valence-electron chi connectivity index (χ3n) is 5.29. The van der Waals surface area contributed by atoms with E-state index in [1.807, 2.05) is 23.1 Å². The molecule has 1 aliphatic carbocycles. The van der Waals surface area contributed by atoms with Gasteiger partial charge < -0.3 is 15.5 Å².